The van der Waals surface area contributed by atoms with E-state index in [1.54, 1.807) is 18.2 Å². The number of hydrazine groups is 1. The van der Waals surface area contributed by atoms with Crippen molar-refractivity contribution in [2.75, 3.05) is 7.11 Å². The van der Waals surface area contributed by atoms with Gasteiger partial charge in [-0.3, -0.25) is 25.2 Å². The van der Waals surface area contributed by atoms with Crippen LogP contribution in [0.15, 0.2) is 40.8 Å². The van der Waals surface area contributed by atoms with Gasteiger partial charge in [-0.05, 0) is 43.7 Å². The average Bonchev–Trinajstić information content (AvgIpc) is 3.10. The van der Waals surface area contributed by atoms with Crippen LogP contribution < -0.4 is 10.9 Å². The molecule has 7 heteroatoms. The molecule has 0 saturated heterocycles. The molecule has 0 bridgehead atoms. The Bertz CT molecular complexity index is 867. The van der Waals surface area contributed by atoms with Gasteiger partial charge in [-0.15, -0.1) is 0 Å². The van der Waals surface area contributed by atoms with E-state index in [1.807, 2.05) is 26.0 Å². The second-order valence-corrected chi connectivity index (χ2v) is 5.98. The molecule has 7 nitrogen and oxygen atoms in total. The number of nitrogens with one attached hydrogen (secondary N) is 2. The highest BCUT2D eigenvalue weighted by Gasteiger charge is 2.09. The fourth-order valence-corrected chi connectivity index (χ4v) is 2.40. The van der Waals surface area contributed by atoms with Gasteiger partial charge in [0.05, 0.1) is 13.5 Å². The lowest BCUT2D eigenvalue weighted by Gasteiger charge is -2.08. The number of amides is 2. The summed E-state index contributed by atoms with van der Waals surface area (Å²) in [6.07, 6.45) is 3.35. The number of ether oxygens (including phenoxy) is 1. The van der Waals surface area contributed by atoms with Gasteiger partial charge in [-0.2, -0.15) is 0 Å². The molecule has 2 rings (SSSR count). The Hall–Kier alpha value is -3.35. The molecular formula is C20H22N2O5. The van der Waals surface area contributed by atoms with Gasteiger partial charge in [-0.25, -0.2) is 0 Å². The third kappa shape index (κ3) is 6.14. The topological polar surface area (TPSA) is 97.6 Å². The third-order valence-electron chi connectivity index (χ3n) is 3.81. The smallest absolute Gasteiger partial charge is 0.305 e. The first-order valence-electron chi connectivity index (χ1n) is 8.40. The molecule has 0 unspecified atom stereocenters. The lowest BCUT2D eigenvalue weighted by Crippen LogP contribution is -2.41. The number of hydrogen-bond acceptors (Lipinski definition) is 5. The van der Waals surface area contributed by atoms with Crippen LogP contribution >= 0.6 is 0 Å². The molecule has 0 aliphatic heterocycles. The molecule has 0 fully saturated rings. The second-order valence-electron chi connectivity index (χ2n) is 5.98. The molecule has 2 amide bonds. The lowest BCUT2D eigenvalue weighted by atomic mass is 10.1. The molecule has 1 aromatic carbocycles. The van der Waals surface area contributed by atoms with Gasteiger partial charge in [0.25, 0.3) is 11.8 Å². The Morgan fingerprint density at radius 2 is 1.89 bits per heavy atom. The maximum absolute atomic E-state index is 12.1. The van der Waals surface area contributed by atoms with Gasteiger partial charge in [0.2, 0.25) is 0 Å². The SMILES string of the molecule is COC(=O)CCc1ccc(/C=C/C(=O)NNC(=O)c2ccc(C)cc2C)o1. The van der Waals surface area contributed by atoms with Crippen LogP contribution in [-0.2, 0) is 20.7 Å². The van der Waals surface area contributed by atoms with Crippen LogP contribution in [0.3, 0.4) is 0 Å². The van der Waals surface area contributed by atoms with Crippen molar-refractivity contribution >= 4 is 23.9 Å². The predicted molar refractivity (Wildman–Crippen MR) is 99.6 cm³/mol. The van der Waals surface area contributed by atoms with E-state index < -0.39 is 11.8 Å². The summed E-state index contributed by atoms with van der Waals surface area (Å²) in [6, 6.07) is 8.84. The van der Waals surface area contributed by atoms with Crippen molar-refractivity contribution in [2.45, 2.75) is 26.7 Å². The van der Waals surface area contributed by atoms with Gasteiger partial charge < -0.3 is 9.15 Å². The Balaban J connectivity index is 1.84. The van der Waals surface area contributed by atoms with Crippen molar-refractivity contribution in [3.05, 3.63) is 64.6 Å². The summed E-state index contributed by atoms with van der Waals surface area (Å²) in [4.78, 5) is 35.0. The monoisotopic (exact) mass is 370 g/mol. The standard InChI is InChI=1S/C20H22N2O5/c1-13-4-9-17(14(2)12-13)20(25)22-21-18(23)10-7-15-5-6-16(27-15)8-11-19(24)26-3/h4-7,9-10,12H,8,11H2,1-3H3,(H,21,23)(H,22,25)/b10-7+. The summed E-state index contributed by atoms with van der Waals surface area (Å²) in [5.41, 5.74) is 7.06. The fourth-order valence-electron chi connectivity index (χ4n) is 2.40. The highest BCUT2D eigenvalue weighted by Crippen LogP contribution is 2.12. The first kappa shape index (κ1) is 20.0. The normalized spacial score (nSPS) is 10.6. The number of carbonyl (C=O) groups excluding carboxylic acids is 3. The summed E-state index contributed by atoms with van der Waals surface area (Å²) in [5.74, 6) is -0.130. The van der Waals surface area contributed by atoms with E-state index in [0.717, 1.165) is 11.1 Å². The number of methoxy groups -OCH3 is 1. The molecule has 0 atom stereocenters. The first-order valence-corrected chi connectivity index (χ1v) is 8.40. The van der Waals surface area contributed by atoms with E-state index in [-0.39, 0.29) is 12.4 Å². The minimum atomic E-state index is -0.499. The molecule has 0 saturated carbocycles. The summed E-state index contributed by atoms with van der Waals surface area (Å²) >= 11 is 0. The molecule has 0 aliphatic rings. The zero-order chi connectivity index (χ0) is 19.8. The molecule has 0 spiro atoms. The van der Waals surface area contributed by atoms with Crippen LogP contribution in [0.5, 0.6) is 0 Å². The van der Waals surface area contributed by atoms with Gasteiger partial charge in [0.15, 0.2) is 0 Å². The highest BCUT2D eigenvalue weighted by molar-refractivity contribution is 5.98. The van der Waals surface area contributed by atoms with Crippen molar-refractivity contribution in [2.24, 2.45) is 0 Å². The van der Waals surface area contributed by atoms with Crippen LogP contribution in [0.2, 0.25) is 0 Å². The van der Waals surface area contributed by atoms with E-state index in [1.165, 1.54) is 19.3 Å². The number of carbonyl (C=O) groups is 3. The van der Waals surface area contributed by atoms with E-state index in [4.69, 9.17) is 4.42 Å². The Morgan fingerprint density at radius 1 is 1.11 bits per heavy atom. The number of esters is 1. The van der Waals surface area contributed by atoms with Gasteiger partial charge in [0, 0.05) is 18.1 Å². The molecular weight excluding hydrogens is 348 g/mol. The number of rotatable bonds is 6. The van der Waals surface area contributed by atoms with Crippen LogP contribution in [0.4, 0.5) is 0 Å². The van der Waals surface area contributed by atoms with Crippen LogP contribution in [0.25, 0.3) is 6.08 Å². The molecule has 1 heterocycles. The Morgan fingerprint density at radius 3 is 2.59 bits per heavy atom. The van der Waals surface area contributed by atoms with Crippen molar-refractivity contribution in [1.29, 1.82) is 0 Å². The van der Waals surface area contributed by atoms with E-state index in [9.17, 15) is 14.4 Å². The van der Waals surface area contributed by atoms with Crippen molar-refractivity contribution < 1.29 is 23.5 Å². The molecule has 0 aliphatic carbocycles. The molecule has 1 aromatic heterocycles. The van der Waals surface area contributed by atoms with Gasteiger partial charge >= 0.3 is 5.97 Å². The number of furan rings is 1. The summed E-state index contributed by atoms with van der Waals surface area (Å²) in [6.45, 7) is 3.77. The number of hydrogen-bond donors (Lipinski definition) is 2. The molecule has 2 N–H and O–H groups in total. The van der Waals surface area contributed by atoms with E-state index in [0.29, 0.717) is 23.5 Å². The first-order chi connectivity index (χ1) is 12.9. The second kappa shape index (κ2) is 9.38. The maximum Gasteiger partial charge on any atom is 0.305 e. The van der Waals surface area contributed by atoms with E-state index >= 15 is 0 Å². The number of aryl methyl sites for hydroxylation is 3. The van der Waals surface area contributed by atoms with Crippen LogP contribution in [0.1, 0.15) is 39.4 Å². The third-order valence-corrected chi connectivity index (χ3v) is 3.81. The maximum atomic E-state index is 12.1. The van der Waals surface area contributed by atoms with Gasteiger partial charge in [0.1, 0.15) is 11.5 Å². The minimum Gasteiger partial charge on any atom is -0.469 e. The largest absolute Gasteiger partial charge is 0.469 e. The predicted octanol–water partition coefficient (Wildman–Crippen LogP) is 2.48. The van der Waals surface area contributed by atoms with Crippen molar-refractivity contribution in [3.8, 4) is 0 Å². The van der Waals surface area contributed by atoms with Crippen LogP contribution in [0, 0.1) is 13.8 Å². The highest BCUT2D eigenvalue weighted by atomic mass is 16.5. The zero-order valence-electron chi connectivity index (χ0n) is 15.5. The van der Waals surface area contributed by atoms with Crippen molar-refractivity contribution in [1.82, 2.24) is 10.9 Å². The molecule has 0 radical (unpaired) electrons. The summed E-state index contributed by atoms with van der Waals surface area (Å²) in [5, 5.41) is 0. The Kier molecular flexibility index (Phi) is 6.93. The lowest BCUT2D eigenvalue weighted by molar-refractivity contribution is -0.140. The molecule has 27 heavy (non-hydrogen) atoms. The quantitative estimate of drug-likeness (QED) is 0.462. The van der Waals surface area contributed by atoms with Crippen LogP contribution in [-0.4, -0.2) is 24.9 Å². The fraction of sp³-hybridized carbons (Fsp3) is 0.250. The minimum absolute atomic E-state index is 0.220. The Labute approximate surface area is 157 Å². The van der Waals surface area contributed by atoms with E-state index in [2.05, 4.69) is 15.6 Å². The molecule has 2 aromatic rings. The zero-order valence-corrected chi connectivity index (χ0v) is 15.5. The van der Waals surface area contributed by atoms with Gasteiger partial charge in [-0.1, -0.05) is 17.7 Å². The average molecular weight is 370 g/mol. The summed E-state index contributed by atoms with van der Waals surface area (Å²) in [7, 11) is 1.33. The molecule has 142 valence electrons. The van der Waals surface area contributed by atoms with Crippen molar-refractivity contribution in [3.63, 3.8) is 0 Å². The summed E-state index contributed by atoms with van der Waals surface area (Å²) < 4.78 is 10.1. The number of benzene rings is 1.